The topological polar surface area (TPSA) is 116 Å². The summed E-state index contributed by atoms with van der Waals surface area (Å²) in [6.07, 6.45) is 5.11. The van der Waals surface area contributed by atoms with Gasteiger partial charge in [-0.15, -0.1) is 0 Å². The quantitative estimate of drug-likeness (QED) is 0.148. The summed E-state index contributed by atoms with van der Waals surface area (Å²) in [4.78, 5) is 21.4. The largest absolute Gasteiger partial charge is 2.00 e. The minimum absolute atomic E-state index is 0. The van der Waals surface area contributed by atoms with Gasteiger partial charge in [-0.25, -0.2) is 0 Å². The Morgan fingerprint density at radius 2 is 0.907 bits per heavy atom. The molecule has 0 radical (unpaired) electrons. The van der Waals surface area contributed by atoms with Gasteiger partial charge in [-0.05, 0) is 95.8 Å². The number of benzene rings is 2. The van der Waals surface area contributed by atoms with Crippen LogP contribution in [-0.4, -0.2) is 82.8 Å². The monoisotopic (exact) mass is 888 g/mol. The van der Waals surface area contributed by atoms with Crippen LogP contribution in [0.1, 0.15) is 42.2 Å². The molecular weight excluding hydrogens is 853 g/mol. The predicted octanol–water partition coefficient (Wildman–Crippen LogP) is 8.89. The molecule has 2 fully saturated rings. The average Bonchev–Trinajstić information content (AvgIpc) is 3.89. The van der Waals surface area contributed by atoms with Crippen molar-refractivity contribution in [1.29, 1.82) is 0 Å². The summed E-state index contributed by atoms with van der Waals surface area (Å²) in [6.45, 7) is 4.00. The van der Waals surface area contributed by atoms with Gasteiger partial charge in [0.05, 0.1) is 13.7 Å². The summed E-state index contributed by atoms with van der Waals surface area (Å²) in [5.41, 5.74) is -0.169. The predicted molar refractivity (Wildman–Crippen MR) is 189 cm³/mol. The smallest absolute Gasteiger partial charge is 1.00 e. The Kier molecular flexibility index (Phi) is 18.1. The fourth-order valence-corrected chi connectivity index (χ4v) is 3.53. The van der Waals surface area contributed by atoms with E-state index in [1.54, 1.807) is 0 Å². The molecule has 6 rings (SSSR count). The van der Waals surface area contributed by atoms with Crippen molar-refractivity contribution in [2.75, 3.05) is 26.4 Å². The number of ether oxygens (including phenoxy) is 2. The van der Waals surface area contributed by atoms with Crippen LogP contribution >= 0.6 is 96.9 Å². The minimum Gasteiger partial charge on any atom is -1.00 e. The first kappa shape index (κ1) is 27.8. The molecule has 4 aromatic rings. The van der Waals surface area contributed by atoms with E-state index in [2.05, 4.69) is 45.8 Å². The van der Waals surface area contributed by atoms with Gasteiger partial charge in [0.1, 0.15) is 23.0 Å². The molecule has 0 aliphatic carbocycles. The van der Waals surface area contributed by atoms with E-state index in [4.69, 9.17) is 84.6 Å². The van der Waals surface area contributed by atoms with Crippen molar-refractivity contribution in [3.8, 4) is 11.4 Å². The van der Waals surface area contributed by atoms with Crippen molar-refractivity contribution in [1.82, 2.24) is 29.9 Å². The molecule has 0 unspecified atom stereocenters. The Labute approximate surface area is 331 Å². The molecular formula is C26H29BrCl5IMgN6O3. The van der Waals surface area contributed by atoms with Gasteiger partial charge in [0, 0.05) is 36.5 Å². The van der Waals surface area contributed by atoms with Crippen molar-refractivity contribution in [2.45, 2.75) is 25.7 Å². The number of hydrogen-bond donors (Lipinski definition) is 1. The molecule has 2 aromatic heterocycles. The van der Waals surface area contributed by atoms with Gasteiger partial charge >= 0.3 is 23.1 Å². The van der Waals surface area contributed by atoms with E-state index in [1.165, 1.54) is 25.7 Å². The van der Waals surface area contributed by atoms with E-state index >= 15 is 0 Å². The third-order valence-corrected chi connectivity index (χ3v) is 5.22. The van der Waals surface area contributed by atoms with E-state index in [0.29, 0.717) is 0 Å². The standard InChI is InChI=1S/C9H5Cl2N3.C6H5Br.2C4H8O.C3Cl3N3.HIO.Mg.2H/c10-8-12-7(13-9(11)14-8)6-4-2-1-3-5-6;7-6-4-2-1-3-5-6;2*1-2-4-5-3-1;4-1-7-2(5)9-3(6)8-1;1-2;;;/h1-5H;1-5H;2*1-4H2;;2H;;;/q;;;;;;+2;2*-1/i2*1D,2D,3D,4D,5D;;;;;;;. The molecule has 2 aliphatic rings. The molecule has 43 heavy (non-hydrogen) atoms. The maximum atomic E-state index is 7.75. The van der Waals surface area contributed by atoms with Crippen LogP contribution in [0.5, 0.6) is 0 Å². The Morgan fingerprint density at radius 3 is 1.21 bits per heavy atom. The van der Waals surface area contributed by atoms with E-state index in [9.17, 15) is 0 Å². The molecule has 2 aromatic carbocycles. The zero-order valence-electron chi connectivity index (χ0n) is 34.0. The zero-order valence-corrected chi connectivity index (χ0v) is 30.9. The molecule has 232 valence electrons. The molecule has 2 saturated heterocycles. The summed E-state index contributed by atoms with van der Waals surface area (Å²) < 4.78 is 91.2. The van der Waals surface area contributed by atoms with Crippen molar-refractivity contribution < 1.29 is 29.5 Å². The van der Waals surface area contributed by atoms with Crippen molar-refractivity contribution in [2.24, 2.45) is 0 Å². The fourth-order valence-electron chi connectivity index (χ4n) is 2.36. The number of halogens is 7. The average molecular weight is 892 g/mol. The van der Waals surface area contributed by atoms with Crippen molar-refractivity contribution in [3.63, 3.8) is 0 Å². The second-order valence-electron chi connectivity index (χ2n) is 6.92. The molecule has 0 atom stereocenters. The van der Waals surface area contributed by atoms with Crippen molar-refractivity contribution in [3.05, 3.63) is 91.3 Å². The summed E-state index contributed by atoms with van der Waals surface area (Å²) >= 11 is 31.3. The van der Waals surface area contributed by atoms with Crippen LogP contribution in [0, 0.1) is 0 Å². The fraction of sp³-hybridized carbons (Fsp3) is 0.308. The molecule has 1 N–H and O–H groups in total. The van der Waals surface area contributed by atoms with Crippen LogP contribution in [0.4, 0.5) is 0 Å². The Bertz CT molecular complexity index is 1580. The molecule has 0 spiro atoms. The third kappa shape index (κ3) is 22.8. The molecule has 9 nitrogen and oxygen atoms in total. The van der Waals surface area contributed by atoms with Gasteiger partial charge in [-0.3, -0.25) is 0 Å². The van der Waals surface area contributed by atoms with Crippen LogP contribution in [0.3, 0.4) is 0 Å². The summed E-state index contributed by atoms with van der Waals surface area (Å²) in [6, 6.07) is -3.73. The molecule has 0 bridgehead atoms. The maximum absolute atomic E-state index is 7.75. The summed E-state index contributed by atoms with van der Waals surface area (Å²) in [7, 11) is 0. The van der Waals surface area contributed by atoms with E-state index in [0.717, 1.165) is 49.4 Å². The number of nitrogens with zero attached hydrogens (tertiary/aromatic N) is 6. The SMILES string of the molecule is C1CCOC1.C1CCOC1.Clc1nc(Cl)nc(Cl)n1.OI.[2H]c1c([2H])c([2H])c(-c2nc(Cl)nc(Cl)n2)c([2H])c1[2H].[2H]c1c([2H])c([2H])c(Br)c([2H])c1[2H].[H-].[H-].[Mg+2]. The number of rotatable bonds is 1. The third-order valence-electron chi connectivity index (χ3n) is 3.98. The molecule has 0 amide bonds. The van der Waals surface area contributed by atoms with Crippen LogP contribution in [0.2, 0.25) is 26.4 Å². The summed E-state index contributed by atoms with van der Waals surface area (Å²) in [5.74, 6) is -0.165. The number of hydrogen-bond acceptors (Lipinski definition) is 9. The Hall–Kier alpha value is -0.234. The second kappa shape index (κ2) is 28.0. The molecule has 4 heterocycles. The first-order chi connectivity index (χ1) is 24.5. The zero-order chi connectivity index (χ0) is 39.7. The number of aromatic nitrogens is 6. The Morgan fingerprint density at radius 1 is 0.605 bits per heavy atom. The molecule has 17 heteroatoms. The van der Waals surface area contributed by atoms with Crippen LogP contribution in [0.25, 0.3) is 11.4 Å². The van der Waals surface area contributed by atoms with Gasteiger partial charge in [-0.1, -0.05) is 64.3 Å². The van der Waals surface area contributed by atoms with Crippen LogP contribution < -0.4 is 0 Å². The molecule has 2 aliphatic heterocycles. The van der Waals surface area contributed by atoms with E-state index in [-0.39, 0.29) is 98.4 Å². The van der Waals surface area contributed by atoms with E-state index in [1.807, 2.05) is 0 Å². The molecule has 0 saturated carbocycles. The summed E-state index contributed by atoms with van der Waals surface area (Å²) in [5, 5.41) is -0.441. The normalized spacial score (nSPS) is 15.7. The minimum atomic E-state index is -0.495. The first-order valence-corrected chi connectivity index (χ1v) is 15.0. The van der Waals surface area contributed by atoms with Gasteiger partial charge in [0.15, 0.2) is 5.82 Å². The van der Waals surface area contributed by atoms with Gasteiger partial charge in [0.2, 0.25) is 26.4 Å². The second-order valence-corrected chi connectivity index (χ2v) is 9.40. The van der Waals surface area contributed by atoms with Crippen molar-refractivity contribution >= 4 is 120 Å². The van der Waals surface area contributed by atoms with Crippen LogP contribution in [0.15, 0.2) is 64.9 Å². The van der Waals surface area contributed by atoms with Gasteiger partial charge in [-0.2, -0.15) is 29.9 Å². The first-order valence-electron chi connectivity index (χ1n) is 16.4. The van der Waals surface area contributed by atoms with E-state index < -0.39 is 30.2 Å². The van der Waals surface area contributed by atoms with Crippen LogP contribution in [-0.2, 0) is 9.47 Å². The van der Waals surface area contributed by atoms with Gasteiger partial charge in [0.25, 0.3) is 0 Å². The Balaban J connectivity index is -0.000000650. The maximum Gasteiger partial charge on any atom is 2.00 e. The van der Waals surface area contributed by atoms with Gasteiger partial charge < -0.3 is 15.8 Å².